The molecule has 2 heteroatoms. The van der Waals surface area contributed by atoms with Gasteiger partial charge in [0.05, 0.1) is 6.10 Å². The third kappa shape index (κ3) is 2.77. The average Bonchev–Trinajstić information content (AvgIpc) is 2.63. The van der Waals surface area contributed by atoms with Crippen LogP contribution >= 0.6 is 11.8 Å². The standard InChI is InChI=1S/C12H20OS/c13-12-9-14-8-11(12)7-6-10-4-2-1-3-5-10/h4,11-13H,1-3,5-9H2. The topological polar surface area (TPSA) is 20.2 Å². The van der Waals surface area contributed by atoms with Gasteiger partial charge in [0.1, 0.15) is 0 Å². The first-order chi connectivity index (χ1) is 6.86. The van der Waals surface area contributed by atoms with Gasteiger partial charge in [-0.15, -0.1) is 0 Å². The lowest BCUT2D eigenvalue weighted by molar-refractivity contribution is 0.145. The highest BCUT2D eigenvalue weighted by molar-refractivity contribution is 7.99. The summed E-state index contributed by atoms with van der Waals surface area (Å²) < 4.78 is 0. The van der Waals surface area contributed by atoms with Crippen molar-refractivity contribution in [1.29, 1.82) is 0 Å². The fourth-order valence-corrected chi connectivity index (χ4v) is 3.71. The number of aliphatic hydroxyl groups excluding tert-OH is 1. The third-order valence-corrected chi connectivity index (χ3v) is 4.63. The Balaban J connectivity index is 1.73. The van der Waals surface area contributed by atoms with Gasteiger partial charge in [0.2, 0.25) is 0 Å². The smallest absolute Gasteiger partial charge is 0.0666 e. The van der Waals surface area contributed by atoms with Crippen LogP contribution in [0.2, 0.25) is 0 Å². The quantitative estimate of drug-likeness (QED) is 0.726. The van der Waals surface area contributed by atoms with Crippen molar-refractivity contribution in [3.05, 3.63) is 11.6 Å². The van der Waals surface area contributed by atoms with Gasteiger partial charge in [-0.05, 0) is 50.2 Å². The van der Waals surface area contributed by atoms with E-state index in [2.05, 4.69) is 6.08 Å². The minimum atomic E-state index is -0.0239. The van der Waals surface area contributed by atoms with Crippen molar-refractivity contribution in [2.45, 2.75) is 44.6 Å². The molecule has 0 radical (unpaired) electrons. The van der Waals surface area contributed by atoms with Crippen LogP contribution in [0.1, 0.15) is 38.5 Å². The lowest BCUT2D eigenvalue weighted by atomic mass is 9.91. The Morgan fingerprint density at radius 1 is 1.36 bits per heavy atom. The minimum Gasteiger partial charge on any atom is -0.392 e. The molecule has 2 aliphatic rings. The van der Waals surface area contributed by atoms with Gasteiger partial charge in [0.25, 0.3) is 0 Å². The van der Waals surface area contributed by atoms with Crippen LogP contribution in [-0.2, 0) is 0 Å². The number of hydrogen-bond acceptors (Lipinski definition) is 2. The van der Waals surface area contributed by atoms with E-state index in [0.717, 1.165) is 5.75 Å². The lowest BCUT2D eigenvalue weighted by Gasteiger charge is -2.16. The number of aliphatic hydroxyl groups is 1. The van der Waals surface area contributed by atoms with Gasteiger partial charge in [-0.1, -0.05) is 11.6 Å². The summed E-state index contributed by atoms with van der Waals surface area (Å²) in [5, 5.41) is 9.68. The summed E-state index contributed by atoms with van der Waals surface area (Å²) in [6, 6.07) is 0. The minimum absolute atomic E-state index is 0.0239. The summed E-state index contributed by atoms with van der Waals surface area (Å²) in [5.74, 6) is 2.71. The Bertz CT molecular complexity index is 212. The molecule has 0 amide bonds. The molecule has 80 valence electrons. The predicted octanol–water partition coefficient (Wildman–Crippen LogP) is 2.99. The number of hydrogen-bond donors (Lipinski definition) is 1. The molecule has 14 heavy (non-hydrogen) atoms. The monoisotopic (exact) mass is 212 g/mol. The molecular formula is C12H20OS. The first kappa shape index (κ1) is 10.6. The maximum Gasteiger partial charge on any atom is 0.0666 e. The zero-order valence-corrected chi connectivity index (χ0v) is 9.56. The van der Waals surface area contributed by atoms with Gasteiger partial charge in [-0.25, -0.2) is 0 Å². The second-order valence-electron chi connectivity index (χ2n) is 4.51. The fourth-order valence-electron chi connectivity index (χ4n) is 2.37. The first-order valence-corrected chi connectivity index (χ1v) is 6.95. The highest BCUT2D eigenvalue weighted by atomic mass is 32.2. The molecule has 2 rings (SSSR count). The molecule has 2 atom stereocenters. The van der Waals surface area contributed by atoms with Gasteiger partial charge < -0.3 is 5.11 Å². The van der Waals surface area contributed by atoms with Gasteiger partial charge in [0, 0.05) is 5.75 Å². The van der Waals surface area contributed by atoms with Gasteiger partial charge in [0.15, 0.2) is 0 Å². The van der Waals surface area contributed by atoms with Crippen molar-refractivity contribution in [3.63, 3.8) is 0 Å². The van der Waals surface area contributed by atoms with E-state index in [0.29, 0.717) is 5.92 Å². The summed E-state index contributed by atoms with van der Waals surface area (Å²) in [5.41, 5.74) is 1.65. The Morgan fingerprint density at radius 2 is 2.29 bits per heavy atom. The van der Waals surface area contributed by atoms with E-state index >= 15 is 0 Å². The molecule has 2 unspecified atom stereocenters. The Morgan fingerprint density at radius 3 is 2.93 bits per heavy atom. The number of allylic oxidation sites excluding steroid dienone is 2. The van der Waals surface area contributed by atoms with Crippen LogP contribution in [0.25, 0.3) is 0 Å². The van der Waals surface area contributed by atoms with Crippen molar-refractivity contribution in [2.75, 3.05) is 11.5 Å². The fraction of sp³-hybridized carbons (Fsp3) is 0.833. The van der Waals surface area contributed by atoms with E-state index in [1.807, 2.05) is 11.8 Å². The molecule has 0 aromatic rings. The molecule has 0 bridgehead atoms. The SMILES string of the molecule is OC1CSCC1CCC1=CCCCC1. The van der Waals surface area contributed by atoms with Crippen LogP contribution < -0.4 is 0 Å². The number of thioether (sulfide) groups is 1. The van der Waals surface area contributed by atoms with Crippen LogP contribution in [0.4, 0.5) is 0 Å². The van der Waals surface area contributed by atoms with Crippen molar-refractivity contribution in [3.8, 4) is 0 Å². The Hall–Kier alpha value is 0.0500. The second-order valence-corrected chi connectivity index (χ2v) is 5.59. The molecule has 1 N–H and O–H groups in total. The second kappa shape index (κ2) is 5.22. The van der Waals surface area contributed by atoms with E-state index in [4.69, 9.17) is 0 Å². The van der Waals surface area contributed by atoms with E-state index in [1.54, 1.807) is 5.57 Å². The molecule has 0 aromatic heterocycles. The normalized spacial score (nSPS) is 33.1. The van der Waals surface area contributed by atoms with Crippen molar-refractivity contribution >= 4 is 11.8 Å². The maximum atomic E-state index is 9.68. The molecule has 1 aliphatic heterocycles. The molecule has 1 aliphatic carbocycles. The van der Waals surface area contributed by atoms with Gasteiger partial charge in [-0.2, -0.15) is 11.8 Å². The molecule has 0 saturated carbocycles. The zero-order chi connectivity index (χ0) is 9.80. The molecule has 1 heterocycles. The lowest BCUT2D eigenvalue weighted by Crippen LogP contribution is -2.17. The van der Waals surface area contributed by atoms with E-state index < -0.39 is 0 Å². The van der Waals surface area contributed by atoms with Crippen LogP contribution in [0.5, 0.6) is 0 Å². The van der Waals surface area contributed by atoms with Crippen molar-refractivity contribution < 1.29 is 5.11 Å². The highest BCUT2D eigenvalue weighted by Gasteiger charge is 2.25. The highest BCUT2D eigenvalue weighted by Crippen LogP contribution is 2.30. The largest absolute Gasteiger partial charge is 0.392 e. The van der Waals surface area contributed by atoms with Crippen LogP contribution in [-0.4, -0.2) is 22.7 Å². The summed E-state index contributed by atoms with van der Waals surface area (Å²) in [4.78, 5) is 0. The van der Waals surface area contributed by atoms with Crippen molar-refractivity contribution in [1.82, 2.24) is 0 Å². The summed E-state index contributed by atoms with van der Waals surface area (Å²) in [6.07, 6.45) is 10.2. The molecule has 0 spiro atoms. The number of rotatable bonds is 3. The Kier molecular flexibility index (Phi) is 3.94. The zero-order valence-electron chi connectivity index (χ0n) is 8.74. The molecule has 0 aromatic carbocycles. The van der Waals surface area contributed by atoms with E-state index in [9.17, 15) is 5.11 Å². The average molecular weight is 212 g/mol. The molecule has 1 nitrogen and oxygen atoms in total. The van der Waals surface area contributed by atoms with E-state index in [-0.39, 0.29) is 6.10 Å². The Labute approximate surface area is 91.0 Å². The van der Waals surface area contributed by atoms with Gasteiger partial charge in [-0.3, -0.25) is 0 Å². The summed E-state index contributed by atoms with van der Waals surface area (Å²) >= 11 is 1.91. The predicted molar refractivity (Wildman–Crippen MR) is 62.6 cm³/mol. The van der Waals surface area contributed by atoms with Gasteiger partial charge >= 0.3 is 0 Å². The molecular weight excluding hydrogens is 192 g/mol. The maximum absolute atomic E-state index is 9.68. The summed E-state index contributed by atoms with van der Waals surface area (Å²) in [7, 11) is 0. The third-order valence-electron chi connectivity index (χ3n) is 3.39. The van der Waals surface area contributed by atoms with E-state index in [1.165, 1.54) is 44.3 Å². The first-order valence-electron chi connectivity index (χ1n) is 5.80. The summed E-state index contributed by atoms with van der Waals surface area (Å²) in [6.45, 7) is 0. The van der Waals surface area contributed by atoms with Crippen LogP contribution in [0, 0.1) is 5.92 Å². The van der Waals surface area contributed by atoms with Crippen LogP contribution in [0.3, 0.4) is 0 Å². The van der Waals surface area contributed by atoms with Crippen molar-refractivity contribution in [2.24, 2.45) is 5.92 Å². The molecule has 1 fully saturated rings. The molecule has 1 saturated heterocycles. The van der Waals surface area contributed by atoms with Crippen LogP contribution in [0.15, 0.2) is 11.6 Å².